The number of aryl methyl sites for hydroxylation is 1. The highest BCUT2D eigenvalue weighted by Crippen LogP contribution is 2.06. The Balaban J connectivity index is 2.06. The van der Waals surface area contributed by atoms with Crippen LogP contribution in [0, 0.1) is 0 Å². The van der Waals surface area contributed by atoms with Gasteiger partial charge in [0.1, 0.15) is 0 Å². The number of hydrogen-bond donors (Lipinski definition) is 2. The molecule has 0 aliphatic carbocycles. The van der Waals surface area contributed by atoms with Gasteiger partial charge in [0.15, 0.2) is 11.0 Å². The minimum Gasteiger partial charge on any atom is -0.254 e. The third-order valence-electron chi connectivity index (χ3n) is 2.02. The summed E-state index contributed by atoms with van der Waals surface area (Å²) in [6.07, 6.45) is 7.40. The van der Waals surface area contributed by atoms with Gasteiger partial charge < -0.3 is 0 Å². The second-order valence-corrected chi connectivity index (χ2v) is 3.66. The van der Waals surface area contributed by atoms with E-state index in [0.717, 1.165) is 12.2 Å². The summed E-state index contributed by atoms with van der Waals surface area (Å²) in [5.74, 6) is 0.890. The zero-order valence-corrected chi connectivity index (χ0v) is 8.98. The molecule has 1 aromatic heterocycles. The van der Waals surface area contributed by atoms with E-state index in [1.807, 2.05) is 0 Å². The van der Waals surface area contributed by atoms with Gasteiger partial charge in [0.25, 0.3) is 0 Å². The molecule has 0 bridgehead atoms. The second kappa shape index (κ2) is 6.02. The Morgan fingerprint density at radius 1 is 1.23 bits per heavy atom. The van der Waals surface area contributed by atoms with Crippen molar-refractivity contribution in [3.05, 3.63) is 5.82 Å². The number of hydrogen-bond acceptors (Lipinski definition) is 3. The van der Waals surface area contributed by atoms with E-state index in [9.17, 15) is 0 Å². The van der Waals surface area contributed by atoms with Crippen molar-refractivity contribution >= 4 is 12.6 Å². The van der Waals surface area contributed by atoms with Crippen LogP contribution in [0.1, 0.15) is 44.9 Å². The maximum absolute atomic E-state index is 4.13. The van der Waals surface area contributed by atoms with Gasteiger partial charge in [-0.15, -0.1) is 12.6 Å². The molecule has 0 amide bonds. The summed E-state index contributed by atoms with van der Waals surface area (Å²) < 4.78 is 0. The molecule has 1 aromatic rings. The largest absolute Gasteiger partial charge is 0.254 e. The van der Waals surface area contributed by atoms with Crippen molar-refractivity contribution in [3.8, 4) is 0 Å². The first-order valence-corrected chi connectivity index (χ1v) is 5.38. The van der Waals surface area contributed by atoms with Crippen LogP contribution >= 0.6 is 12.6 Å². The van der Waals surface area contributed by atoms with Gasteiger partial charge in [-0.05, 0) is 6.42 Å². The van der Waals surface area contributed by atoms with Crippen molar-refractivity contribution in [1.29, 1.82) is 0 Å². The molecule has 0 aliphatic rings. The van der Waals surface area contributed by atoms with E-state index in [0.29, 0.717) is 5.16 Å². The Bertz CT molecular complexity index is 235. The van der Waals surface area contributed by atoms with Crippen LogP contribution in [-0.4, -0.2) is 15.2 Å². The highest BCUT2D eigenvalue weighted by atomic mass is 32.1. The molecule has 0 unspecified atom stereocenters. The van der Waals surface area contributed by atoms with E-state index in [4.69, 9.17) is 0 Å². The first kappa shape index (κ1) is 10.6. The zero-order chi connectivity index (χ0) is 9.52. The van der Waals surface area contributed by atoms with Crippen LogP contribution in [0.15, 0.2) is 5.16 Å². The number of aromatic amines is 1. The lowest BCUT2D eigenvalue weighted by Gasteiger charge is -1.96. The average Bonchev–Trinajstić information content (AvgIpc) is 2.51. The minimum absolute atomic E-state index is 0.614. The monoisotopic (exact) mass is 199 g/mol. The molecule has 0 radical (unpaired) electrons. The van der Waals surface area contributed by atoms with Crippen molar-refractivity contribution in [1.82, 2.24) is 15.2 Å². The van der Waals surface area contributed by atoms with E-state index in [1.165, 1.54) is 32.1 Å². The third-order valence-corrected chi connectivity index (χ3v) is 2.22. The predicted octanol–water partition coefficient (Wildman–Crippen LogP) is 2.61. The molecule has 0 aromatic carbocycles. The first-order valence-electron chi connectivity index (χ1n) is 4.93. The van der Waals surface area contributed by atoms with Crippen molar-refractivity contribution < 1.29 is 0 Å². The zero-order valence-electron chi connectivity index (χ0n) is 8.08. The highest BCUT2D eigenvalue weighted by Gasteiger charge is 1.98. The van der Waals surface area contributed by atoms with Crippen LogP contribution in [0.5, 0.6) is 0 Å². The lowest BCUT2D eigenvalue weighted by atomic mass is 10.1. The van der Waals surface area contributed by atoms with Gasteiger partial charge in [-0.25, -0.2) is 4.98 Å². The summed E-state index contributed by atoms with van der Waals surface area (Å²) >= 11 is 4.05. The number of aromatic nitrogens is 3. The fourth-order valence-electron chi connectivity index (χ4n) is 1.29. The lowest BCUT2D eigenvalue weighted by molar-refractivity contribution is 0.623. The van der Waals surface area contributed by atoms with Crippen LogP contribution in [0.2, 0.25) is 0 Å². The molecule has 0 fully saturated rings. The van der Waals surface area contributed by atoms with Crippen LogP contribution < -0.4 is 0 Å². The normalized spacial score (nSPS) is 10.6. The highest BCUT2D eigenvalue weighted by molar-refractivity contribution is 7.80. The molecular formula is C9H17N3S. The van der Waals surface area contributed by atoms with Gasteiger partial charge in [-0.2, -0.15) is 5.10 Å². The smallest absolute Gasteiger partial charge is 0.180 e. The third kappa shape index (κ3) is 4.31. The van der Waals surface area contributed by atoms with Gasteiger partial charge in [-0.1, -0.05) is 32.6 Å². The van der Waals surface area contributed by atoms with Gasteiger partial charge in [0.05, 0.1) is 0 Å². The SMILES string of the molecule is CCCCCCCc1n[nH]c(S)n1. The molecule has 1 rings (SSSR count). The molecular weight excluding hydrogens is 182 g/mol. The Kier molecular flexibility index (Phi) is 4.90. The predicted molar refractivity (Wildman–Crippen MR) is 56.1 cm³/mol. The minimum atomic E-state index is 0.614. The Hall–Kier alpha value is -0.510. The molecule has 1 heterocycles. The number of rotatable bonds is 6. The molecule has 4 heteroatoms. The maximum Gasteiger partial charge on any atom is 0.180 e. The molecule has 74 valence electrons. The van der Waals surface area contributed by atoms with Gasteiger partial charge in [0.2, 0.25) is 0 Å². The van der Waals surface area contributed by atoms with E-state index in [1.54, 1.807) is 0 Å². The Labute approximate surface area is 84.8 Å². The van der Waals surface area contributed by atoms with E-state index < -0.39 is 0 Å². The fourth-order valence-corrected chi connectivity index (χ4v) is 1.45. The summed E-state index contributed by atoms with van der Waals surface area (Å²) in [6, 6.07) is 0. The number of nitrogens with zero attached hydrogens (tertiary/aromatic N) is 2. The lowest BCUT2D eigenvalue weighted by Crippen LogP contribution is -1.88. The molecule has 3 nitrogen and oxygen atoms in total. The van der Waals surface area contributed by atoms with Crippen molar-refractivity contribution in [2.24, 2.45) is 0 Å². The Morgan fingerprint density at radius 3 is 2.62 bits per heavy atom. The number of H-pyrrole nitrogens is 1. The van der Waals surface area contributed by atoms with Crippen molar-refractivity contribution in [2.45, 2.75) is 50.6 Å². The Morgan fingerprint density at radius 2 is 2.00 bits per heavy atom. The van der Waals surface area contributed by atoms with Gasteiger partial charge in [0, 0.05) is 6.42 Å². The maximum atomic E-state index is 4.13. The van der Waals surface area contributed by atoms with Gasteiger partial charge in [-0.3, -0.25) is 5.10 Å². The summed E-state index contributed by atoms with van der Waals surface area (Å²) in [5.41, 5.74) is 0. The molecule has 0 saturated carbocycles. The first-order chi connectivity index (χ1) is 6.33. The molecule has 0 spiro atoms. The quantitative estimate of drug-likeness (QED) is 0.546. The van der Waals surface area contributed by atoms with Crippen LogP contribution in [0.4, 0.5) is 0 Å². The van der Waals surface area contributed by atoms with Crippen LogP contribution in [0.3, 0.4) is 0 Å². The standard InChI is InChI=1S/C9H17N3S/c1-2-3-4-5-6-7-8-10-9(13)12-11-8/h2-7H2,1H3,(H2,10,11,12,13). The number of thiol groups is 1. The van der Waals surface area contributed by atoms with Gasteiger partial charge >= 0.3 is 0 Å². The van der Waals surface area contributed by atoms with E-state index in [-0.39, 0.29) is 0 Å². The topological polar surface area (TPSA) is 41.6 Å². The molecule has 0 saturated heterocycles. The summed E-state index contributed by atoms with van der Waals surface area (Å²) in [6.45, 7) is 2.22. The molecule has 13 heavy (non-hydrogen) atoms. The number of nitrogens with one attached hydrogen (secondary N) is 1. The van der Waals surface area contributed by atoms with Crippen molar-refractivity contribution in [2.75, 3.05) is 0 Å². The van der Waals surface area contributed by atoms with Crippen LogP contribution in [0.25, 0.3) is 0 Å². The molecule has 0 atom stereocenters. The summed E-state index contributed by atoms with van der Waals surface area (Å²) in [7, 11) is 0. The molecule has 1 N–H and O–H groups in total. The summed E-state index contributed by atoms with van der Waals surface area (Å²) in [4.78, 5) is 4.13. The summed E-state index contributed by atoms with van der Waals surface area (Å²) in [5, 5.41) is 7.36. The van der Waals surface area contributed by atoms with Crippen molar-refractivity contribution in [3.63, 3.8) is 0 Å². The molecule has 0 aliphatic heterocycles. The number of unbranched alkanes of at least 4 members (excludes halogenated alkanes) is 4. The van der Waals surface area contributed by atoms with E-state index >= 15 is 0 Å². The van der Waals surface area contributed by atoms with Crippen LogP contribution in [-0.2, 0) is 6.42 Å². The fraction of sp³-hybridized carbons (Fsp3) is 0.778. The second-order valence-electron chi connectivity index (χ2n) is 3.24. The van der Waals surface area contributed by atoms with E-state index in [2.05, 4.69) is 34.7 Å². The average molecular weight is 199 g/mol.